The monoisotopic (exact) mass is 332 g/mol. The number of urea groups is 1. The second-order valence-corrected chi connectivity index (χ2v) is 5.61. The van der Waals surface area contributed by atoms with Gasteiger partial charge in [0.15, 0.2) is 12.4 Å². The number of nitrogens with two attached hydrogens (primary N) is 1. The van der Waals surface area contributed by atoms with Crippen molar-refractivity contribution in [1.82, 2.24) is 5.43 Å². The number of nitrogens with zero attached hydrogens (tertiary/aromatic N) is 2. The Morgan fingerprint density at radius 2 is 2.21 bits per heavy atom. The molecule has 1 aromatic carbocycles. The molecule has 4 rings (SSSR count). The van der Waals surface area contributed by atoms with Crippen LogP contribution in [0.4, 0.5) is 4.79 Å². The Morgan fingerprint density at radius 3 is 2.92 bits per heavy atom. The van der Waals surface area contributed by atoms with Crippen LogP contribution >= 0.6 is 0 Å². The van der Waals surface area contributed by atoms with E-state index in [0.717, 1.165) is 11.3 Å². The first kappa shape index (κ1) is 14.9. The summed E-state index contributed by atoms with van der Waals surface area (Å²) < 4.78 is 16.5. The van der Waals surface area contributed by atoms with E-state index >= 15 is 0 Å². The normalized spacial score (nSPS) is 32.0. The van der Waals surface area contributed by atoms with Gasteiger partial charge in [-0.15, -0.1) is 0 Å². The van der Waals surface area contributed by atoms with Crippen LogP contribution < -0.4 is 15.9 Å². The van der Waals surface area contributed by atoms with Crippen LogP contribution in [0.5, 0.6) is 5.75 Å². The first-order chi connectivity index (χ1) is 11.7. The maximum Gasteiger partial charge on any atom is 0.332 e. The molecule has 3 heterocycles. The SMILES string of the molecule is COc1ccc(C2=NO[C@@H]3[C@@H]4CO[C@@H](O4)/C(=N/NC(N)=O)[C@H]23)cc1. The zero-order chi connectivity index (χ0) is 16.7. The first-order valence-electron chi connectivity index (χ1n) is 7.45. The Labute approximate surface area is 137 Å². The zero-order valence-electron chi connectivity index (χ0n) is 12.8. The number of ether oxygens (including phenoxy) is 3. The number of hydrogen-bond donors (Lipinski definition) is 2. The van der Waals surface area contributed by atoms with Gasteiger partial charge in [0.1, 0.15) is 17.6 Å². The molecule has 3 aliphatic rings. The number of oxime groups is 1. The van der Waals surface area contributed by atoms with E-state index in [4.69, 9.17) is 24.8 Å². The number of amides is 2. The van der Waals surface area contributed by atoms with E-state index in [9.17, 15) is 4.79 Å². The smallest absolute Gasteiger partial charge is 0.332 e. The number of carbonyl (C=O) groups is 1. The highest BCUT2D eigenvalue weighted by Gasteiger charge is 2.55. The lowest BCUT2D eigenvalue weighted by Crippen LogP contribution is -2.49. The maximum absolute atomic E-state index is 11.0. The standard InChI is InChI=1S/C15H16N4O5/c1-21-8-4-2-7(3-5-8)11-10-12(17-18-15(16)20)14-22-6-9(23-14)13(10)24-19-11/h2-5,9-10,13-14H,6H2,1H3,(H3,16,18,20)/b17-12+/t9-,10-,13+,14-/m0/s1. The van der Waals surface area contributed by atoms with Gasteiger partial charge >= 0.3 is 6.03 Å². The molecule has 0 aliphatic carbocycles. The summed E-state index contributed by atoms with van der Waals surface area (Å²) in [5.74, 6) is 0.464. The molecule has 3 N–H and O–H groups in total. The molecule has 0 spiro atoms. The van der Waals surface area contributed by atoms with Crippen LogP contribution in [0.1, 0.15) is 5.56 Å². The third-order valence-corrected chi connectivity index (χ3v) is 4.21. The Hall–Kier alpha value is -2.65. The van der Waals surface area contributed by atoms with Gasteiger partial charge in [0.05, 0.1) is 25.3 Å². The first-order valence-corrected chi connectivity index (χ1v) is 7.45. The van der Waals surface area contributed by atoms with E-state index < -0.39 is 12.3 Å². The zero-order valence-corrected chi connectivity index (χ0v) is 12.8. The summed E-state index contributed by atoms with van der Waals surface area (Å²) in [4.78, 5) is 16.6. The number of methoxy groups -OCH3 is 1. The number of hydrogen-bond acceptors (Lipinski definition) is 7. The van der Waals surface area contributed by atoms with E-state index in [1.807, 2.05) is 24.3 Å². The molecule has 4 atom stereocenters. The van der Waals surface area contributed by atoms with Crippen LogP contribution in [0, 0.1) is 5.92 Å². The largest absolute Gasteiger partial charge is 0.497 e. The number of primary amides is 1. The molecule has 2 bridgehead atoms. The molecule has 2 amide bonds. The molecule has 3 aliphatic heterocycles. The number of nitrogens with one attached hydrogen (secondary N) is 1. The lowest BCUT2D eigenvalue weighted by Gasteiger charge is -2.29. The summed E-state index contributed by atoms with van der Waals surface area (Å²) in [6.07, 6.45) is -1.23. The van der Waals surface area contributed by atoms with Gasteiger partial charge in [-0.25, -0.2) is 10.2 Å². The third-order valence-electron chi connectivity index (χ3n) is 4.21. The van der Waals surface area contributed by atoms with E-state index in [-0.39, 0.29) is 18.1 Å². The minimum Gasteiger partial charge on any atom is -0.497 e. The molecule has 2 fully saturated rings. The minimum absolute atomic E-state index is 0.230. The van der Waals surface area contributed by atoms with Crippen LogP contribution in [0.2, 0.25) is 0 Å². The van der Waals surface area contributed by atoms with Gasteiger partial charge in [-0.1, -0.05) is 5.16 Å². The predicted octanol–water partition coefficient (Wildman–Crippen LogP) is 0.194. The van der Waals surface area contributed by atoms with Crippen molar-refractivity contribution < 1.29 is 23.8 Å². The van der Waals surface area contributed by atoms with E-state index in [1.165, 1.54) is 0 Å². The van der Waals surface area contributed by atoms with Gasteiger partial charge < -0.3 is 24.8 Å². The highest BCUT2D eigenvalue weighted by Crippen LogP contribution is 2.38. The second-order valence-electron chi connectivity index (χ2n) is 5.61. The number of benzene rings is 1. The number of rotatable bonds is 3. The van der Waals surface area contributed by atoms with E-state index in [1.54, 1.807) is 7.11 Å². The van der Waals surface area contributed by atoms with Gasteiger partial charge in [-0.3, -0.25) is 0 Å². The summed E-state index contributed by atoms with van der Waals surface area (Å²) in [5, 5.41) is 8.29. The van der Waals surface area contributed by atoms with Crippen molar-refractivity contribution in [2.24, 2.45) is 21.9 Å². The average molecular weight is 332 g/mol. The van der Waals surface area contributed by atoms with Crippen molar-refractivity contribution in [3.8, 4) is 5.75 Å². The highest BCUT2D eigenvalue weighted by molar-refractivity contribution is 6.17. The van der Waals surface area contributed by atoms with Crippen molar-refractivity contribution in [2.75, 3.05) is 13.7 Å². The molecule has 0 radical (unpaired) electrons. The molecule has 2 saturated heterocycles. The molecule has 0 aromatic heterocycles. The third kappa shape index (κ3) is 2.38. The summed E-state index contributed by atoms with van der Waals surface area (Å²) in [5.41, 5.74) is 9.41. The fourth-order valence-corrected chi connectivity index (χ4v) is 3.11. The predicted molar refractivity (Wildman–Crippen MR) is 82.7 cm³/mol. The van der Waals surface area contributed by atoms with Gasteiger partial charge in [0.2, 0.25) is 0 Å². The number of carbonyl (C=O) groups excluding carboxylic acids is 1. The Morgan fingerprint density at radius 1 is 1.42 bits per heavy atom. The molecular weight excluding hydrogens is 316 g/mol. The fraction of sp³-hybridized carbons (Fsp3) is 0.400. The van der Waals surface area contributed by atoms with Crippen LogP contribution in [0.15, 0.2) is 34.5 Å². The molecule has 0 unspecified atom stereocenters. The quantitative estimate of drug-likeness (QED) is 0.767. The van der Waals surface area contributed by atoms with Crippen LogP contribution in [0.3, 0.4) is 0 Å². The molecule has 0 saturated carbocycles. The summed E-state index contributed by atoms with van der Waals surface area (Å²) in [6.45, 7) is 0.382. The van der Waals surface area contributed by atoms with Crippen LogP contribution in [-0.2, 0) is 14.3 Å². The van der Waals surface area contributed by atoms with Crippen molar-refractivity contribution >= 4 is 17.5 Å². The number of fused-ring (bicyclic) bond motifs is 4. The van der Waals surface area contributed by atoms with Gasteiger partial charge in [0, 0.05) is 5.56 Å². The van der Waals surface area contributed by atoms with Gasteiger partial charge in [0.25, 0.3) is 0 Å². The fourth-order valence-electron chi connectivity index (χ4n) is 3.11. The summed E-state index contributed by atoms with van der Waals surface area (Å²) >= 11 is 0. The molecule has 9 heteroatoms. The van der Waals surface area contributed by atoms with Crippen LogP contribution in [-0.4, -0.2) is 49.7 Å². The Kier molecular flexibility index (Phi) is 3.58. The Balaban J connectivity index is 1.69. The highest BCUT2D eigenvalue weighted by atomic mass is 16.7. The van der Waals surface area contributed by atoms with E-state index in [2.05, 4.69) is 15.7 Å². The Bertz CT molecular complexity index is 717. The molecule has 24 heavy (non-hydrogen) atoms. The average Bonchev–Trinajstić information content (AvgIpc) is 3.21. The summed E-state index contributed by atoms with van der Waals surface area (Å²) in [6, 6.07) is 6.70. The van der Waals surface area contributed by atoms with Crippen molar-refractivity contribution in [2.45, 2.75) is 18.5 Å². The molecule has 9 nitrogen and oxygen atoms in total. The maximum atomic E-state index is 11.0. The van der Waals surface area contributed by atoms with Gasteiger partial charge in [-0.2, -0.15) is 5.10 Å². The van der Waals surface area contributed by atoms with E-state index in [0.29, 0.717) is 18.0 Å². The summed E-state index contributed by atoms with van der Waals surface area (Å²) in [7, 11) is 1.61. The van der Waals surface area contributed by atoms with Crippen molar-refractivity contribution in [1.29, 1.82) is 0 Å². The lowest BCUT2D eigenvalue weighted by molar-refractivity contribution is -0.0812. The van der Waals surface area contributed by atoms with Crippen LogP contribution in [0.25, 0.3) is 0 Å². The lowest BCUT2D eigenvalue weighted by atomic mass is 9.84. The topological polar surface area (TPSA) is 117 Å². The van der Waals surface area contributed by atoms with Gasteiger partial charge in [-0.05, 0) is 24.3 Å². The molecule has 126 valence electrons. The second kappa shape index (κ2) is 5.77. The van der Waals surface area contributed by atoms with Crippen molar-refractivity contribution in [3.63, 3.8) is 0 Å². The number of hydrazone groups is 1. The minimum atomic E-state index is -0.763. The molecular formula is C15H16N4O5. The molecule has 1 aromatic rings. The van der Waals surface area contributed by atoms with Crippen molar-refractivity contribution in [3.05, 3.63) is 29.8 Å².